The van der Waals surface area contributed by atoms with Crippen LogP contribution in [0.25, 0.3) is 0 Å². The molecule has 7 heteroatoms. The summed E-state index contributed by atoms with van der Waals surface area (Å²) in [5.74, 6) is -0.0909. The average Bonchev–Trinajstić information content (AvgIpc) is 2.94. The molecule has 4 nitrogen and oxygen atoms in total. The second-order valence-corrected chi connectivity index (χ2v) is 6.96. The smallest absolute Gasteiger partial charge is 0.390 e. The van der Waals surface area contributed by atoms with Crippen LogP contribution in [0.15, 0.2) is 18.3 Å². The molecule has 0 amide bonds. The number of aliphatic hydroxyl groups is 1. The van der Waals surface area contributed by atoms with E-state index in [-0.39, 0.29) is 24.2 Å². The maximum absolute atomic E-state index is 13.2. The van der Waals surface area contributed by atoms with Crippen LogP contribution in [0.2, 0.25) is 0 Å². The Kier molecular flexibility index (Phi) is 4.86. The van der Waals surface area contributed by atoms with E-state index >= 15 is 0 Å². The predicted molar refractivity (Wildman–Crippen MR) is 82.2 cm³/mol. The van der Waals surface area contributed by atoms with Crippen LogP contribution in [0.1, 0.15) is 37.4 Å². The topological polar surface area (TPSA) is 45.6 Å². The van der Waals surface area contributed by atoms with Crippen molar-refractivity contribution < 1.29 is 23.0 Å². The van der Waals surface area contributed by atoms with E-state index < -0.39 is 17.3 Å². The lowest BCUT2D eigenvalue weighted by Crippen LogP contribution is -2.52. The number of alkyl halides is 3. The molecule has 3 unspecified atom stereocenters. The van der Waals surface area contributed by atoms with E-state index in [1.54, 1.807) is 6.92 Å². The molecular weight excluding hydrogens is 321 g/mol. The van der Waals surface area contributed by atoms with Crippen molar-refractivity contribution in [3.8, 4) is 0 Å². The lowest BCUT2D eigenvalue weighted by atomic mass is 9.79. The van der Waals surface area contributed by atoms with E-state index in [4.69, 9.17) is 4.74 Å². The van der Waals surface area contributed by atoms with Crippen molar-refractivity contribution in [3.05, 3.63) is 29.6 Å². The van der Waals surface area contributed by atoms with Gasteiger partial charge in [0.1, 0.15) is 0 Å². The highest BCUT2D eigenvalue weighted by atomic mass is 19.4. The van der Waals surface area contributed by atoms with E-state index in [2.05, 4.69) is 4.98 Å². The molecule has 2 aliphatic rings. The molecular formula is C17H23F3N2O2. The van der Waals surface area contributed by atoms with Gasteiger partial charge in [0, 0.05) is 31.3 Å². The Balaban J connectivity index is 1.80. The quantitative estimate of drug-likeness (QED) is 0.916. The summed E-state index contributed by atoms with van der Waals surface area (Å²) in [6.45, 7) is 3.63. The molecule has 3 atom stereocenters. The Morgan fingerprint density at radius 2 is 2.25 bits per heavy atom. The van der Waals surface area contributed by atoms with Crippen LogP contribution in [0, 0.1) is 5.92 Å². The number of ether oxygens (including phenoxy) is 1. The van der Waals surface area contributed by atoms with Crippen molar-refractivity contribution in [2.75, 3.05) is 19.8 Å². The van der Waals surface area contributed by atoms with Gasteiger partial charge in [-0.3, -0.25) is 9.88 Å². The van der Waals surface area contributed by atoms with Gasteiger partial charge >= 0.3 is 6.18 Å². The number of nitrogens with zero attached hydrogens (tertiary/aromatic N) is 2. The zero-order chi connectivity index (χ0) is 17.4. The largest absolute Gasteiger partial charge is 0.418 e. The first kappa shape index (κ1) is 17.6. The van der Waals surface area contributed by atoms with Gasteiger partial charge in [-0.25, -0.2) is 0 Å². The van der Waals surface area contributed by atoms with Crippen LogP contribution >= 0.6 is 0 Å². The Morgan fingerprint density at radius 3 is 2.96 bits per heavy atom. The summed E-state index contributed by atoms with van der Waals surface area (Å²) in [4.78, 5) is 5.99. The van der Waals surface area contributed by atoms with E-state index in [9.17, 15) is 18.3 Å². The van der Waals surface area contributed by atoms with Crippen LogP contribution in [0.3, 0.4) is 0 Å². The highest BCUT2D eigenvalue weighted by molar-refractivity contribution is 5.23. The summed E-state index contributed by atoms with van der Waals surface area (Å²) >= 11 is 0. The fourth-order valence-corrected chi connectivity index (χ4v) is 3.90. The molecule has 0 spiro atoms. The lowest BCUT2D eigenvalue weighted by molar-refractivity contribution is -0.139. The molecule has 1 aromatic heterocycles. The lowest BCUT2D eigenvalue weighted by Gasteiger charge is -2.43. The van der Waals surface area contributed by atoms with Crippen LogP contribution in [-0.4, -0.2) is 46.4 Å². The predicted octanol–water partition coefficient (Wildman–Crippen LogP) is 2.85. The summed E-state index contributed by atoms with van der Waals surface area (Å²) in [6.07, 6.45) is -0.684. The highest BCUT2D eigenvalue weighted by Crippen LogP contribution is 2.37. The zero-order valence-electron chi connectivity index (χ0n) is 13.7. The van der Waals surface area contributed by atoms with Gasteiger partial charge in [-0.15, -0.1) is 0 Å². The van der Waals surface area contributed by atoms with E-state index in [1.807, 2.05) is 4.90 Å². The van der Waals surface area contributed by atoms with Gasteiger partial charge in [0.15, 0.2) is 0 Å². The van der Waals surface area contributed by atoms with Crippen molar-refractivity contribution in [1.29, 1.82) is 0 Å². The molecule has 1 N–H and O–H groups in total. The molecule has 0 radical (unpaired) electrons. The fourth-order valence-electron chi connectivity index (χ4n) is 3.90. The Morgan fingerprint density at radius 1 is 1.46 bits per heavy atom. The van der Waals surface area contributed by atoms with Crippen molar-refractivity contribution in [2.45, 2.75) is 50.6 Å². The SMILES string of the molecule is CC1(O)CCOCC1C1CCCN1Cc1ncccc1C(F)(F)F. The fraction of sp³-hybridized carbons (Fsp3) is 0.706. The minimum absolute atomic E-state index is 0.0170. The number of aromatic nitrogens is 1. The Hall–Kier alpha value is -1.18. The standard InChI is InChI=1S/C17H23F3N2O2/c1-16(23)6-9-24-11-13(16)15-5-3-8-22(15)10-14-12(17(18,19)20)4-2-7-21-14/h2,4,7,13,15,23H,3,5-6,8-11H2,1H3. The molecule has 0 aliphatic carbocycles. The molecule has 24 heavy (non-hydrogen) atoms. The van der Waals surface area contributed by atoms with Crippen LogP contribution in [0.5, 0.6) is 0 Å². The first-order valence-electron chi connectivity index (χ1n) is 8.34. The van der Waals surface area contributed by atoms with Crippen LogP contribution in [0.4, 0.5) is 13.2 Å². The van der Waals surface area contributed by atoms with E-state index in [0.717, 1.165) is 18.9 Å². The number of pyridine rings is 1. The van der Waals surface area contributed by atoms with Gasteiger partial charge < -0.3 is 9.84 Å². The first-order chi connectivity index (χ1) is 11.3. The van der Waals surface area contributed by atoms with Crippen LogP contribution < -0.4 is 0 Å². The molecule has 0 aromatic carbocycles. The number of likely N-dealkylation sites (tertiary alicyclic amines) is 1. The summed E-state index contributed by atoms with van der Waals surface area (Å²) in [7, 11) is 0. The number of rotatable bonds is 3. The normalized spacial score (nSPS) is 32.2. The maximum Gasteiger partial charge on any atom is 0.418 e. The molecule has 134 valence electrons. The zero-order valence-corrected chi connectivity index (χ0v) is 13.7. The average molecular weight is 344 g/mol. The summed E-state index contributed by atoms with van der Waals surface area (Å²) in [5, 5.41) is 10.7. The number of hydrogen-bond acceptors (Lipinski definition) is 4. The highest BCUT2D eigenvalue weighted by Gasteiger charge is 2.44. The molecule has 3 heterocycles. The maximum atomic E-state index is 13.2. The van der Waals surface area contributed by atoms with E-state index in [1.165, 1.54) is 12.3 Å². The summed E-state index contributed by atoms with van der Waals surface area (Å²) in [5.41, 5.74) is -1.47. The van der Waals surface area contributed by atoms with Gasteiger partial charge in [0.25, 0.3) is 0 Å². The second kappa shape index (κ2) is 6.61. The minimum Gasteiger partial charge on any atom is -0.390 e. The third kappa shape index (κ3) is 3.58. The Bertz CT molecular complexity index is 577. The second-order valence-electron chi connectivity index (χ2n) is 6.96. The molecule has 0 saturated carbocycles. The monoisotopic (exact) mass is 344 g/mol. The molecule has 3 rings (SSSR count). The van der Waals surface area contributed by atoms with Gasteiger partial charge in [-0.05, 0) is 44.9 Å². The Labute approximate surface area is 139 Å². The van der Waals surface area contributed by atoms with Gasteiger partial charge in [-0.1, -0.05) is 0 Å². The first-order valence-corrected chi connectivity index (χ1v) is 8.34. The molecule has 0 bridgehead atoms. The van der Waals surface area contributed by atoms with Crippen molar-refractivity contribution in [1.82, 2.24) is 9.88 Å². The van der Waals surface area contributed by atoms with Gasteiger partial charge in [0.2, 0.25) is 0 Å². The number of halogens is 3. The number of hydrogen-bond donors (Lipinski definition) is 1. The minimum atomic E-state index is -4.40. The third-order valence-corrected chi connectivity index (χ3v) is 5.28. The van der Waals surface area contributed by atoms with Gasteiger partial charge in [-0.2, -0.15) is 13.2 Å². The molecule has 2 saturated heterocycles. The van der Waals surface area contributed by atoms with E-state index in [0.29, 0.717) is 26.2 Å². The van der Waals surface area contributed by atoms with Crippen molar-refractivity contribution in [3.63, 3.8) is 0 Å². The summed E-state index contributed by atoms with van der Waals surface area (Å²) < 4.78 is 45.1. The van der Waals surface area contributed by atoms with Crippen LogP contribution in [-0.2, 0) is 17.5 Å². The third-order valence-electron chi connectivity index (χ3n) is 5.28. The van der Waals surface area contributed by atoms with Gasteiger partial charge in [0.05, 0.1) is 23.5 Å². The van der Waals surface area contributed by atoms with Crippen molar-refractivity contribution in [2.24, 2.45) is 5.92 Å². The molecule has 2 fully saturated rings. The molecule has 1 aromatic rings. The summed E-state index contributed by atoms with van der Waals surface area (Å²) in [6, 6.07) is 2.41. The molecule has 2 aliphatic heterocycles. The van der Waals surface area contributed by atoms with Crippen molar-refractivity contribution >= 4 is 0 Å².